The topological polar surface area (TPSA) is 38.3 Å². The zero-order chi connectivity index (χ0) is 11.5. The van der Waals surface area contributed by atoms with Crippen molar-refractivity contribution in [2.24, 2.45) is 5.92 Å². The first-order valence-corrected chi connectivity index (χ1v) is 5.85. The minimum absolute atomic E-state index is 0.0480. The SMILES string of the molecule is CC1OC=CC1C(=O)Nc1ccccc1Br. The molecule has 2 atom stereocenters. The highest BCUT2D eigenvalue weighted by Crippen LogP contribution is 2.24. The number of para-hydroxylation sites is 1. The van der Waals surface area contributed by atoms with Gasteiger partial charge in [0.05, 0.1) is 17.9 Å². The summed E-state index contributed by atoms with van der Waals surface area (Å²) in [5, 5.41) is 2.87. The smallest absolute Gasteiger partial charge is 0.235 e. The van der Waals surface area contributed by atoms with Crippen LogP contribution in [0, 0.1) is 5.92 Å². The van der Waals surface area contributed by atoms with Gasteiger partial charge in [0.1, 0.15) is 6.10 Å². The van der Waals surface area contributed by atoms with E-state index in [9.17, 15) is 4.79 Å². The zero-order valence-electron chi connectivity index (χ0n) is 8.81. The van der Waals surface area contributed by atoms with Gasteiger partial charge in [-0.1, -0.05) is 12.1 Å². The van der Waals surface area contributed by atoms with Gasteiger partial charge < -0.3 is 10.1 Å². The van der Waals surface area contributed by atoms with Crippen LogP contribution in [0.5, 0.6) is 0 Å². The van der Waals surface area contributed by atoms with Crippen LogP contribution in [0.4, 0.5) is 5.69 Å². The van der Waals surface area contributed by atoms with Crippen molar-refractivity contribution in [2.75, 3.05) is 5.32 Å². The van der Waals surface area contributed by atoms with Crippen LogP contribution >= 0.6 is 15.9 Å². The van der Waals surface area contributed by atoms with Gasteiger partial charge in [-0.25, -0.2) is 0 Å². The Balaban J connectivity index is 2.08. The van der Waals surface area contributed by atoms with Crippen LogP contribution < -0.4 is 5.32 Å². The maximum absolute atomic E-state index is 11.9. The van der Waals surface area contributed by atoms with Gasteiger partial charge in [-0.3, -0.25) is 4.79 Å². The molecule has 0 radical (unpaired) electrons. The molecule has 1 amide bonds. The highest BCUT2D eigenvalue weighted by atomic mass is 79.9. The molecule has 1 aliphatic rings. The van der Waals surface area contributed by atoms with Gasteiger partial charge >= 0.3 is 0 Å². The van der Waals surface area contributed by atoms with Crippen molar-refractivity contribution in [3.05, 3.63) is 41.1 Å². The first kappa shape index (κ1) is 11.2. The quantitative estimate of drug-likeness (QED) is 0.905. The van der Waals surface area contributed by atoms with Crippen molar-refractivity contribution in [3.63, 3.8) is 0 Å². The third-order valence-electron chi connectivity index (χ3n) is 2.52. The molecular formula is C12H12BrNO2. The number of rotatable bonds is 2. The Morgan fingerprint density at radius 3 is 2.81 bits per heavy atom. The number of anilines is 1. The van der Waals surface area contributed by atoms with Crippen molar-refractivity contribution in [2.45, 2.75) is 13.0 Å². The number of amides is 1. The molecule has 84 valence electrons. The molecule has 2 rings (SSSR count). The molecular weight excluding hydrogens is 270 g/mol. The molecule has 0 saturated heterocycles. The number of carbonyl (C=O) groups excluding carboxylic acids is 1. The second-order valence-electron chi connectivity index (χ2n) is 3.66. The summed E-state index contributed by atoms with van der Waals surface area (Å²) >= 11 is 3.38. The molecule has 4 heteroatoms. The van der Waals surface area contributed by atoms with E-state index in [0.29, 0.717) is 0 Å². The largest absolute Gasteiger partial charge is 0.497 e. The highest BCUT2D eigenvalue weighted by molar-refractivity contribution is 9.10. The summed E-state index contributed by atoms with van der Waals surface area (Å²) in [6, 6.07) is 7.53. The van der Waals surface area contributed by atoms with Gasteiger partial charge in [-0.15, -0.1) is 0 Å². The summed E-state index contributed by atoms with van der Waals surface area (Å²) in [6.45, 7) is 1.88. The van der Waals surface area contributed by atoms with E-state index in [1.807, 2.05) is 31.2 Å². The van der Waals surface area contributed by atoms with Crippen molar-refractivity contribution < 1.29 is 9.53 Å². The number of hydrogen-bond acceptors (Lipinski definition) is 2. The van der Waals surface area contributed by atoms with Gasteiger partial charge in [-0.2, -0.15) is 0 Å². The third-order valence-corrected chi connectivity index (χ3v) is 3.21. The van der Waals surface area contributed by atoms with Crippen molar-refractivity contribution in [3.8, 4) is 0 Å². The summed E-state index contributed by atoms with van der Waals surface area (Å²) in [7, 11) is 0. The van der Waals surface area contributed by atoms with E-state index in [2.05, 4.69) is 21.2 Å². The number of ether oxygens (including phenoxy) is 1. The van der Waals surface area contributed by atoms with E-state index in [1.165, 1.54) is 0 Å². The number of carbonyl (C=O) groups is 1. The average molecular weight is 282 g/mol. The van der Waals surface area contributed by atoms with Gasteiger partial charge in [-0.05, 0) is 41.1 Å². The Labute approximate surface area is 103 Å². The van der Waals surface area contributed by atoms with Crippen LogP contribution in [0.2, 0.25) is 0 Å². The summed E-state index contributed by atoms with van der Waals surface area (Å²) in [5.74, 6) is -0.264. The van der Waals surface area contributed by atoms with Gasteiger partial charge in [0.25, 0.3) is 0 Å². The lowest BCUT2D eigenvalue weighted by Gasteiger charge is -2.14. The number of nitrogens with one attached hydrogen (secondary N) is 1. The van der Waals surface area contributed by atoms with Crippen molar-refractivity contribution in [1.29, 1.82) is 0 Å². The molecule has 1 N–H and O–H groups in total. The molecule has 1 aromatic rings. The number of hydrogen-bond donors (Lipinski definition) is 1. The summed E-state index contributed by atoms with van der Waals surface area (Å²) < 4.78 is 6.08. The lowest BCUT2D eigenvalue weighted by atomic mass is 10.0. The van der Waals surface area contributed by atoms with Crippen LogP contribution in [0.1, 0.15) is 6.92 Å². The minimum atomic E-state index is -0.216. The normalized spacial score (nSPS) is 22.9. The van der Waals surface area contributed by atoms with Crippen LogP contribution in [-0.4, -0.2) is 12.0 Å². The fraction of sp³-hybridized carbons (Fsp3) is 0.250. The molecule has 2 unspecified atom stereocenters. The first-order valence-electron chi connectivity index (χ1n) is 5.06. The second kappa shape index (κ2) is 4.70. The van der Waals surface area contributed by atoms with E-state index >= 15 is 0 Å². The van der Waals surface area contributed by atoms with Gasteiger partial charge in [0.15, 0.2) is 0 Å². The molecule has 1 heterocycles. The van der Waals surface area contributed by atoms with E-state index in [0.717, 1.165) is 10.2 Å². The lowest BCUT2D eigenvalue weighted by molar-refractivity contribution is -0.120. The zero-order valence-corrected chi connectivity index (χ0v) is 10.4. The number of benzene rings is 1. The molecule has 3 nitrogen and oxygen atoms in total. The summed E-state index contributed by atoms with van der Waals surface area (Å²) in [6.07, 6.45) is 3.26. The minimum Gasteiger partial charge on any atom is -0.497 e. The van der Waals surface area contributed by atoms with Crippen molar-refractivity contribution in [1.82, 2.24) is 0 Å². The predicted molar refractivity (Wildman–Crippen MR) is 65.9 cm³/mol. The third kappa shape index (κ3) is 2.27. The van der Waals surface area contributed by atoms with Gasteiger partial charge in [0.2, 0.25) is 5.91 Å². The summed E-state index contributed by atoms with van der Waals surface area (Å²) in [4.78, 5) is 11.9. The van der Waals surface area contributed by atoms with E-state index < -0.39 is 0 Å². The van der Waals surface area contributed by atoms with E-state index in [1.54, 1.807) is 12.3 Å². The number of halogens is 1. The molecule has 1 aliphatic heterocycles. The Hall–Kier alpha value is -1.29. The Bertz CT molecular complexity index is 431. The van der Waals surface area contributed by atoms with Crippen LogP contribution in [-0.2, 0) is 9.53 Å². The molecule has 1 aromatic carbocycles. The fourth-order valence-corrected chi connectivity index (χ4v) is 1.96. The van der Waals surface area contributed by atoms with Crippen molar-refractivity contribution >= 4 is 27.5 Å². The maximum Gasteiger partial charge on any atom is 0.235 e. The van der Waals surface area contributed by atoms with Crippen LogP contribution in [0.15, 0.2) is 41.1 Å². The molecule has 0 aliphatic carbocycles. The van der Waals surface area contributed by atoms with E-state index in [-0.39, 0.29) is 17.9 Å². The van der Waals surface area contributed by atoms with Crippen LogP contribution in [0.3, 0.4) is 0 Å². The Kier molecular flexibility index (Phi) is 3.29. The lowest BCUT2D eigenvalue weighted by Crippen LogP contribution is -2.27. The highest BCUT2D eigenvalue weighted by Gasteiger charge is 2.27. The Morgan fingerprint density at radius 2 is 2.19 bits per heavy atom. The molecule has 0 aromatic heterocycles. The molecule has 0 fully saturated rings. The molecule has 16 heavy (non-hydrogen) atoms. The average Bonchev–Trinajstić information content (AvgIpc) is 2.68. The maximum atomic E-state index is 11.9. The van der Waals surface area contributed by atoms with Gasteiger partial charge in [0, 0.05) is 4.47 Å². The first-order chi connectivity index (χ1) is 7.68. The summed E-state index contributed by atoms with van der Waals surface area (Å²) in [5.41, 5.74) is 0.778. The molecule has 0 saturated carbocycles. The van der Waals surface area contributed by atoms with E-state index in [4.69, 9.17) is 4.74 Å². The fourth-order valence-electron chi connectivity index (χ4n) is 1.57. The monoisotopic (exact) mass is 281 g/mol. The van der Waals surface area contributed by atoms with Crippen LogP contribution in [0.25, 0.3) is 0 Å². The standard InChI is InChI=1S/C12H12BrNO2/c1-8-9(6-7-16-8)12(15)14-11-5-3-2-4-10(11)13/h2-9H,1H3,(H,14,15). The Morgan fingerprint density at radius 1 is 1.44 bits per heavy atom. The molecule has 0 spiro atoms. The second-order valence-corrected chi connectivity index (χ2v) is 4.52. The molecule has 0 bridgehead atoms. The predicted octanol–water partition coefficient (Wildman–Crippen LogP) is 2.94.